The van der Waals surface area contributed by atoms with Crippen molar-refractivity contribution in [2.45, 2.75) is 29.9 Å². The smallest absolute Gasteiger partial charge is 0.318 e. The fourth-order valence-electron chi connectivity index (χ4n) is 1.82. The van der Waals surface area contributed by atoms with Crippen LogP contribution in [0.15, 0.2) is 29.2 Å². The lowest BCUT2D eigenvalue weighted by Crippen LogP contribution is -2.26. The van der Waals surface area contributed by atoms with E-state index in [1.807, 2.05) is 18.2 Å². The van der Waals surface area contributed by atoms with E-state index in [4.69, 9.17) is 4.74 Å². The van der Waals surface area contributed by atoms with E-state index in [1.54, 1.807) is 13.0 Å². The largest absolute Gasteiger partial charge is 0.468 e. The third kappa shape index (κ3) is 4.00. The second kappa shape index (κ2) is 6.79. The maximum Gasteiger partial charge on any atom is 0.318 e. The fraction of sp³-hybridized carbons (Fsp3) is 0.467. The number of rotatable bonds is 6. The van der Waals surface area contributed by atoms with E-state index in [-0.39, 0.29) is 17.1 Å². The molecule has 0 aromatic heterocycles. The Bertz CT molecular complexity index is 500. The highest BCUT2D eigenvalue weighted by Gasteiger charge is 2.23. The topological polar surface area (TPSA) is 55.4 Å². The number of carbonyl (C=O) groups excluding carboxylic acids is 2. The minimum Gasteiger partial charge on any atom is -0.468 e. The van der Waals surface area contributed by atoms with E-state index in [0.717, 1.165) is 11.4 Å². The number of hydrogen-bond acceptors (Lipinski definition) is 4. The van der Waals surface area contributed by atoms with Gasteiger partial charge in [-0.3, -0.25) is 9.59 Å². The van der Waals surface area contributed by atoms with Gasteiger partial charge in [-0.25, -0.2) is 0 Å². The molecule has 0 spiro atoms. The van der Waals surface area contributed by atoms with Gasteiger partial charge in [0.2, 0.25) is 0 Å². The number of benzene rings is 1. The van der Waals surface area contributed by atoms with Gasteiger partial charge in [-0.15, -0.1) is 11.8 Å². The molecule has 1 aromatic rings. The maximum absolute atomic E-state index is 12.2. The zero-order chi connectivity index (χ0) is 14.5. The predicted octanol–water partition coefficient (Wildman–Crippen LogP) is 2.48. The van der Waals surface area contributed by atoms with Crippen LogP contribution in [0.5, 0.6) is 0 Å². The van der Waals surface area contributed by atoms with E-state index < -0.39 is 0 Å². The average Bonchev–Trinajstić information content (AvgIpc) is 3.28. The van der Waals surface area contributed by atoms with Crippen molar-refractivity contribution in [3.8, 4) is 0 Å². The van der Waals surface area contributed by atoms with E-state index >= 15 is 0 Å². The van der Waals surface area contributed by atoms with Crippen molar-refractivity contribution in [3.05, 3.63) is 29.8 Å². The molecule has 1 unspecified atom stereocenters. The minimum atomic E-state index is -0.336. The Morgan fingerprint density at radius 1 is 1.40 bits per heavy atom. The minimum absolute atomic E-state index is 0.0722. The number of carbonyl (C=O) groups is 2. The molecule has 0 heterocycles. The highest BCUT2D eigenvalue weighted by molar-refractivity contribution is 8.00. The molecule has 1 N–H and O–H groups in total. The van der Waals surface area contributed by atoms with Crippen LogP contribution in [0.4, 0.5) is 0 Å². The lowest BCUT2D eigenvalue weighted by molar-refractivity contribution is -0.139. The monoisotopic (exact) mass is 293 g/mol. The normalized spacial score (nSPS) is 15.5. The van der Waals surface area contributed by atoms with Gasteiger partial charge in [0.05, 0.1) is 12.7 Å². The Morgan fingerprint density at radius 3 is 2.75 bits per heavy atom. The van der Waals surface area contributed by atoms with Gasteiger partial charge in [0.15, 0.2) is 0 Å². The van der Waals surface area contributed by atoms with Gasteiger partial charge in [-0.05, 0) is 37.8 Å². The van der Waals surface area contributed by atoms with Crippen LogP contribution in [0, 0.1) is 5.92 Å². The van der Waals surface area contributed by atoms with E-state index in [0.29, 0.717) is 11.5 Å². The third-order valence-electron chi connectivity index (χ3n) is 3.22. The summed E-state index contributed by atoms with van der Waals surface area (Å²) in [7, 11) is 1.37. The standard InChI is InChI=1S/C15H19NO3S/c1-10(15(18)19-2)20-13-6-4-3-5-12(13)14(17)16-9-11-7-8-11/h3-6,10-11H,7-9H2,1-2H3,(H,16,17). The van der Waals surface area contributed by atoms with Gasteiger partial charge < -0.3 is 10.1 Å². The summed E-state index contributed by atoms with van der Waals surface area (Å²) in [5.41, 5.74) is 0.619. The predicted molar refractivity (Wildman–Crippen MR) is 78.8 cm³/mol. The molecule has 0 aliphatic heterocycles. The van der Waals surface area contributed by atoms with Gasteiger partial charge in [0.25, 0.3) is 5.91 Å². The van der Waals surface area contributed by atoms with Crippen molar-refractivity contribution < 1.29 is 14.3 Å². The molecular weight excluding hydrogens is 274 g/mol. The quantitative estimate of drug-likeness (QED) is 0.646. The van der Waals surface area contributed by atoms with Crippen LogP contribution < -0.4 is 5.32 Å². The lowest BCUT2D eigenvalue weighted by atomic mass is 10.2. The van der Waals surface area contributed by atoms with Crippen LogP contribution >= 0.6 is 11.8 Å². The summed E-state index contributed by atoms with van der Waals surface area (Å²) in [6.45, 7) is 2.51. The molecule has 5 heteroatoms. The van der Waals surface area contributed by atoms with Gasteiger partial charge >= 0.3 is 5.97 Å². The average molecular weight is 293 g/mol. The van der Waals surface area contributed by atoms with Crippen LogP contribution in [-0.4, -0.2) is 30.8 Å². The van der Waals surface area contributed by atoms with Gasteiger partial charge in [0.1, 0.15) is 5.25 Å². The molecule has 108 valence electrons. The number of ether oxygens (including phenoxy) is 1. The molecule has 1 fully saturated rings. The number of thioether (sulfide) groups is 1. The first-order valence-electron chi connectivity index (χ1n) is 6.73. The second-order valence-corrected chi connectivity index (χ2v) is 6.32. The molecule has 20 heavy (non-hydrogen) atoms. The molecule has 1 amide bonds. The van der Waals surface area contributed by atoms with E-state index in [2.05, 4.69) is 5.32 Å². The highest BCUT2D eigenvalue weighted by atomic mass is 32.2. The van der Waals surface area contributed by atoms with Crippen molar-refractivity contribution in [3.63, 3.8) is 0 Å². The maximum atomic E-state index is 12.2. The molecule has 1 atom stereocenters. The van der Waals surface area contributed by atoms with Gasteiger partial charge in [-0.1, -0.05) is 12.1 Å². The first kappa shape index (κ1) is 14.9. The Kier molecular flexibility index (Phi) is 5.06. The molecular formula is C15H19NO3S. The van der Waals surface area contributed by atoms with Gasteiger partial charge in [-0.2, -0.15) is 0 Å². The van der Waals surface area contributed by atoms with Crippen molar-refractivity contribution in [2.75, 3.05) is 13.7 Å². The summed E-state index contributed by atoms with van der Waals surface area (Å²) < 4.78 is 4.71. The van der Waals surface area contributed by atoms with Gasteiger partial charge in [0, 0.05) is 11.4 Å². The SMILES string of the molecule is COC(=O)C(C)Sc1ccccc1C(=O)NCC1CC1. The molecule has 0 saturated heterocycles. The summed E-state index contributed by atoms with van der Waals surface area (Å²) in [6.07, 6.45) is 2.41. The second-order valence-electron chi connectivity index (χ2n) is 4.93. The zero-order valence-electron chi connectivity index (χ0n) is 11.7. The van der Waals surface area contributed by atoms with Crippen molar-refractivity contribution in [2.24, 2.45) is 5.92 Å². The number of hydrogen-bond donors (Lipinski definition) is 1. The fourth-order valence-corrected chi connectivity index (χ4v) is 2.83. The van der Waals surface area contributed by atoms with Crippen LogP contribution in [0.1, 0.15) is 30.1 Å². The van der Waals surface area contributed by atoms with Crippen molar-refractivity contribution >= 4 is 23.6 Å². The lowest BCUT2D eigenvalue weighted by Gasteiger charge is -2.12. The van der Waals surface area contributed by atoms with Crippen LogP contribution in [-0.2, 0) is 9.53 Å². The molecule has 2 rings (SSSR count). The first-order chi connectivity index (χ1) is 9.61. The Hall–Kier alpha value is -1.49. The number of methoxy groups -OCH3 is 1. The van der Waals surface area contributed by atoms with Crippen LogP contribution in [0.3, 0.4) is 0 Å². The molecule has 4 nitrogen and oxygen atoms in total. The molecule has 1 aromatic carbocycles. The Morgan fingerprint density at radius 2 is 2.10 bits per heavy atom. The molecule has 1 aliphatic rings. The van der Waals surface area contributed by atoms with Crippen LogP contribution in [0.25, 0.3) is 0 Å². The summed E-state index contributed by atoms with van der Waals surface area (Å²) >= 11 is 1.35. The molecule has 1 aliphatic carbocycles. The Balaban J connectivity index is 2.04. The molecule has 0 radical (unpaired) electrons. The zero-order valence-corrected chi connectivity index (χ0v) is 12.5. The third-order valence-corrected chi connectivity index (χ3v) is 4.37. The molecule has 0 bridgehead atoms. The summed E-state index contributed by atoms with van der Waals surface area (Å²) in [6, 6.07) is 7.34. The summed E-state index contributed by atoms with van der Waals surface area (Å²) in [5.74, 6) is 0.285. The van der Waals surface area contributed by atoms with E-state index in [9.17, 15) is 9.59 Å². The first-order valence-corrected chi connectivity index (χ1v) is 7.61. The number of amides is 1. The van der Waals surface area contributed by atoms with Crippen molar-refractivity contribution in [1.82, 2.24) is 5.32 Å². The Labute approximate surface area is 123 Å². The highest BCUT2D eigenvalue weighted by Crippen LogP contribution is 2.29. The summed E-state index contributed by atoms with van der Waals surface area (Å²) in [5, 5.41) is 2.61. The van der Waals surface area contributed by atoms with Crippen LogP contribution in [0.2, 0.25) is 0 Å². The van der Waals surface area contributed by atoms with E-state index in [1.165, 1.54) is 31.7 Å². The number of nitrogens with one attached hydrogen (secondary N) is 1. The van der Waals surface area contributed by atoms with Crippen molar-refractivity contribution in [1.29, 1.82) is 0 Å². The molecule has 1 saturated carbocycles. The summed E-state index contributed by atoms with van der Waals surface area (Å²) in [4.78, 5) is 24.5. The number of esters is 1.